The Hall–Kier alpha value is -1.62. The SMILES string of the molecule is CNc1ccc([N+](=O)[O-])cc1CN1CCC(C(C)C)C1. The molecule has 0 radical (unpaired) electrons. The normalized spacial score (nSPS) is 19.5. The second-order valence-electron chi connectivity index (χ2n) is 5.88. The highest BCUT2D eigenvalue weighted by Gasteiger charge is 2.25. The molecule has 0 spiro atoms. The summed E-state index contributed by atoms with van der Waals surface area (Å²) in [7, 11) is 1.85. The Kier molecular flexibility index (Phi) is 4.60. The molecule has 1 saturated heterocycles. The third-order valence-corrected chi connectivity index (χ3v) is 4.21. The second-order valence-corrected chi connectivity index (χ2v) is 5.88. The van der Waals surface area contributed by atoms with Gasteiger partial charge in [-0.2, -0.15) is 0 Å². The number of rotatable bonds is 5. The van der Waals surface area contributed by atoms with Gasteiger partial charge in [0.25, 0.3) is 5.69 Å². The highest BCUT2D eigenvalue weighted by atomic mass is 16.6. The van der Waals surface area contributed by atoms with Crippen LogP contribution in [0.25, 0.3) is 0 Å². The van der Waals surface area contributed by atoms with Crippen molar-refractivity contribution in [2.45, 2.75) is 26.8 Å². The van der Waals surface area contributed by atoms with E-state index in [1.54, 1.807) is 18.2 Å². The monoisotopic (exact) mass is 277 g/mol. The van der Waals surface area contributed by atoms with Gasteiger partial charge in [0.05, 0.1) is 4.92 Å². The van der Waals surface area contributed by atoms with Crippen molar-refractivity contribution in [3.8, 4) is 0 Å². The van der Waals surface area contributed by atoms with E-state index in [-0.39, 0.29) is 10.6 Å². The number of nitro groups is 1. The van der Waals surface area contributed by atoms with Crippen molar-refractivity contribution in [2.24, 2.45) is 11.8 Å². The minimum absolute atomic E-state index is 0.165. The molecule has 110 valence electrons. The molecule has 1 aromatic rings. The van der Waals surface area contributed by atoms with Gasteiger partial charge >= 0.3 is 0 Å². The van der Waals surface area contributed by atoms with Crippen LogP contribution in [0, 0.1) is 22.0 Å². The Morgan fingerprint density at radius 1 is 1.50 bits per heavy atom. The molecule has 1 N–H and O–H groups in total. The van der Waals surface area contributed by atoms with Gasteiger partial charge in [-0.3, -0.25) is 15.0 Å². The summed E-state index contributed by atoms with van der Waals surface area (Å²) in [5, 5.41) is 14.0. The van der Waals surface area contributed by atoms with Crippen LogP contribution in [-0.2, 0) is 6.54 Å². The summed E-state index contributed by atoms with van der Waals surface area (Å²) in [5.74, 6) is 1.45. The van der Waals surface area contributed by atoms with Crippen LogP contribution in [0.5, 0.6) is 0 Å². The van der Waals surface area contributed by atoms with Crippen LogP contribution >= 0.6 is 0 Å². The Bertz CT molecular complexity index is 488. The lowest BCUT2D eigenvalue weighted by molar-refractivity contribution is -0.384. The van der Waals surface area contributed by atoms with Crippen LogP contribution < -0.4 is 5.32 Å². The lowest BCUT2D eigenvalue weighted by atomic mass is 9.95. The van der Waals surface area contributed by atoms with Crippen LogP contribution in [0.2, 0.25) is 0 Å². The molecule has 1 heterocycles. The lowest BCUT2D eigenvalue weighted by Crippen LogP contribution is -2.22. The highest BCUT2D eigenvalue weighted by molar-refractivity contribution is 5.55. The largest absolute Gasteiger partial charge is 0.388 e. The Labute approximate surface area is 120 Å². The van der Waals surface area contributed by atoms with Crippen LogP contribution in [0.4, 0.5) is 11.4 Å². The molecule has 5 heteroatoms. The van der Waals surface area contributed by atoms with Gasteiger partial charge in [0.1, 0.15) is 0 Å². The van der Waals surface area contributed by atoms with E-state index in [1.165, 1.54) is 6.42 Å². The predicted octanol–water partition coefficient (Wildman–Crippen LogP) is 3.11. The number of hydrogen-bond donors (Lipinski definition) is 1. The standard InChI is InChI=1S/C15H23N3O2/c1-11(2)12-6-7-17(9-12)10-13-8-14(18(19)20)4-5-15(13)16-3/h4-5,8,11-12,16H,6-7,9-10H2,1-3H3. The molecule has 5 nitrogen and oxygen atoms in total. The molecule has 1 atom stereocenters. The predicted molar refractivity (Wildman–Crippen MR) is 80.9 cm³/mol. The molecule has 1 aliphatic rings. The molecule has 1 fully saturated rings. The first kappa shape index (κ1) is 14.8. The molecular weight excluding hydrogens is 254 g/mol. The van der Waals surface area contributed by atoms with Crippen molar-refractivity contribution in [1.29, 1.82) is 0 Å². The Morgan fingerprint density at radius 3 is 2.80 bits per heavy atom. The van der Waals surface area contributed by atoms with Gasteiger partial charge in [0.2, 0.25) is 0 Å². The Balaban J connectivity index is 2.12. The van der Waals surface area contributed by atoms with Gasteiger partial charge in [-0.25, -0.2) is 0 Å². The molecule has 0 saturated carbocycles. The second kappa shape index (κ2) is 6.22. The fourth-order valence-electron chi connectivity index (χ4n) is 2.86. The van der Waals surface area contributed by atoms with Gasteiger partial charge < -0.3 is 5.32 Å². The number of likely N-dealkylation sites (tertiary alicyclic amines) is 1. The van der Waals surface area contributed by atoms with E-state index in [4.69, 9.17) is 0 Å². The van der Waals surface area contributed by atoms with Crippen molar-refractivity contribution >= 4 is 11.4 Å². The summed E-state index contributed by atoms with van der Waals surface area (Å²) in [6.07, 6.45) is 1.22. The molecule has 0 amide bonds. The van der Waals surface area contributed by atoms with Crippen LogP contribution in [-0.4, -0.2) is 30.0 Å². The van der Waals surface area contributed by atoms with E-state index in [2.05, 4.69) is 24.1 Å². The number of hydrogen-bond acceptors (Lipinski definition) is 4. The first-order valence-electron chi connectivity index (χ1n) is 7.18. The van der Waals surface area contributed by atoms with Crippen molar-refractivity contribution in [2.75, 3.05) is 25.5 Å². The molecule has 1 aliphatic heterocycles. The number of nitrogens with one attached hydrogen (secondary N) is 1. The van der Waals surface area contributed by atoms with E-state index in [0.717, 1.165) is 36.8 Å². The topological polar surface area (TPSA) is 58.4 Å². The highest BCUT2D eigenvalue weighted by Crippen LogP contribution is 2.28. The summed E-state index contributed by atoms with van der Waals surface area (Å²) >= 11 is 0. The zero-order valence-corrected chi connectivity index (χ0v) is 12.4. The van der Waals surface area contributed by atoms with Crippen molar-refractivity contribution in [3.05, 3.63) is 33.9 Å². The van der Waals surface area contributed by atoms with E-state index in [1.807, 2.05) is 7.05 Å². The molecule has 1 aromatic carbocycles. The van der Waals surface area contributed by atoms with E-state index >= 15 is 0 Å². The van der Waals surface area contributed by atoms with Gasteiger partial charge in [0.15, 0.2) is 0 Å². The minimum Gasteiger partial charge on any atom is -0.388 e. The zero-order chi connectivity index (χ0) is 14.7. The minimum atomic E-state index is -0.330. The van der Waals surface area contributed by atoms with Crippen LogP contribution in [0.1, 0.15) is 25.8 Å². The van der Waals surface area contributed by atoms with Gasteiger partial charge in [-0.1, -0.05) is 13.8 Å². The maximum absolute atomic E-state index is 10.9. The summed E-state index contributed by atoms with van der Waals surface area (Å²) in [6.45, 7) is 7.47. The summed E-state index contributed by atoms with van der Waals surface area (Å²) in [6, 6.07) is 5.04. The third-order valence-electron chi connectivity index (χ3n) is 4.21. The van der Waals surface area contributed by atoms with E-state index < -0.39 is 0 Å². The number of anilines is 1. The first-order valence-corrected chi connectivity index (χ1v) is 7.18. The molecule has 20 heavy (non-hydrogen) atoms. The van der Waals surface area contributed by atoms with Crippen molar-refractivity contribution < 1.29 is 4.92 Å². The number of non-ortho nitro benzene ring substituents is 1. The van der Waals surface area contributed by atoms with E-state index in [0.29, 0.717) is 5.92 Å². The van der Waals surface area contributed by atoms with E-state index in [9.17, 15) is 10.1 Å². The number of nitrogens with zero attached hydrogens (tertiary/aromatic N) is 2. The van der Waals surface area contributed by atoms with Crippen LogP contribution in [0.15, 0.2) is 18.2 Å². The number of nitro benzene ring substituents is 1. The maximum atomic E-state index is 10.9. The average molecular weight is 277 g/mol. The zero-order valence-electron chi connectivity index (χ0n) is 12.4. The quantitative estimate of drug-likeness (QED) is 0.663. The third kappa shape index (κ3) is 3.28. The number of benzene rings is 1. The molecule has 2 rings (SSSR count). The van der Waals surface area contributed by atoms with Gasteiger partial charge in [-0.05, 0) is 36.4 Å². The summed E-state index contributed by atoms with van der Waals surface area (Å²) < 4.78 is 0. The first-order chi connectivity index (χ1) is 9.51. The summed E-state index contributed by atoms with van der Waals surface area (Å²) in [5.41, 5.74) is 2.15. The molecular formula is C15H23N3O2. The fourth-order valence-corrected chi connectivity index (χ4v) is 2.86. The molecule has 0 bridgehead atoms. The smallest absolute Gasteiger partial charge is 0.269 e. The molecule has 0 aromatic heterocycles. The van der Waals surface area contributed by atoms with Crippen molar-refractivity contribution in [1.82, 2.24) is 4.90 Å². The van der Waals surface area contributed by atoms with Gasteiger partial charge in [-0.15, -0.1) is 0 Å². The van der Waals surface area contributed by atoms with Crippen molar-refractivity contribution in [3.63, 3.8) is 0 Å². The molecule has 0 aliphatic carbocycles. The lowest BCUT2D eigenvalue weighted by Gasteiger charge is -2.19. The Morgan fingerprint density at radius 2 is 2.25 bits per heavy atom. The average Bonchev–Trinajstić information content (AvgIpc) is 2.87. The van der Waals surface area contributed by atoms with Gasteiger partial charge in [0, 0.05) is 38.0 Å². The molecule has 1 unspecified atom stereocenters. The maximum Gasteiger partial charge on any atom is 0.269 e. The van der Waals surface area contributed by atoms with Crippen LogP contribution in [0.3, 0.4) is 0 Å². The summed E-state index contributed by atoms with van der Waals surface area (Å²) in [4.78, 5) is 13.0. The fraction of sp³-hybridized carbons (Fsp3) is 0.600.